The first-order chi connectivity index (χ1) is 16.9. The van der Waals surface area contributed by atoms with Crippen LogP contribution in [0, 0.1) is 6.92 Å². The molecule has 0 unspecified atom stereocenters. The Kier molecular flexibility index (Phi) is 7.17. The Hall–Kier alpha value is -4.11. The Morgan fingerprint density at radius 2 is 1.94 bits per heavy atom. The van der Waals surface area contributed by atoms with Crippen LogP contribution in [0.4, 0.5) is 11.5 Å². The van der Waals surface area contributed by atoms with Crippen LogP contribution in [0.1, 0.15) is 23.1 Å². The first-order valence-electron chi connectivity index (χ1n) is 11.3. The fourth-order valence-electron chi connectivity index (χ4n) is 4.08. The highest BCUT2D eigenvalue weighted by Crippen LogP contribution is 2.25. The molecular formula is C26H28N4O5. The molecule has 0 bridgehead atoms. The fraction of sp³-hybridized carbons (Fsp3) is 0.269. The summed E-state index contributed by atoms with van der Waals surface area (Å²) in [7, 11) is 1.56. The summed E-state index contributed by atoms with van der Waals surface area (Å²) in [6.07, 6.45) is 2.03. The number of benzene rings is 2. The first kappa shape index (κ1) is 24.0. The Bertz CT molecular complexity index is 1450. The number of nitrogens with two attached hydrogens (primary N) is 1. The molecule has 182 valence electrons. The highest BCUT2D eigenvalue weighted by atomic mass is 16.5. The lowest BCUT2D eigenvalue weighted by Crippen LogP contribution is -2.42. The first-order valence-corrected chi connectivity index (χ1v) is 11.3. The predicted octanol–water partition coefficient (Wildman–Crippen LogP) is 2.83. The highest BCUT2D eigenvalue weighted by Gasteiger charge is 2.25. The number of hydrogen-bond acceptors (Lipinski definition) is 6. The van der Waals surface area contributed by atoms with Gasteiger partial charge in [-0.25, -0.2) is 4.79 Å². The van der Waals surface area contributed by atoms with Gasteiger partial charge in [-0.3, -0.25) is 19.1 Å². The van der Waals surface area contributed by atoms with E-state index in [0.29, 0.717) is 24.2 Å². The van der Waals surface area contributed by atoms with Gasteiger partial charge in [0.1, 0.15) is 11.4 Å². The number of hydrogen-bond donors (Lipinski definition) is 2. The molecule has 4 aromatic rings. The average molecular weight is 477 g/mol. The summed E-state index contributed by atoms with van der Waals surface area (Å²) < 4.78 is 12.0. The normalized spacial score (nSPS) is 11.1. The minimum atomic E-state index is -0.713. The van der Waals surface area contributed by atoms with Crippen LogP contribution >= 0.6 is 0 Å². The summed E-state index contributed by atoms with van der Waals surface area (Å²) in [4.78, 5) is 42.7. The highest BCUT2D eigenvalue weighted by molar-refractivity contribution is 5.98. The number of carbonyl (C=O) groups is 1. The van der Waals surface area contributed by atoms with Crippen LogP contribution < -0.4 is 21.9 Å². The molecule has 2 aromatic carbocycles. The van der Waals surface area contributed by atoms with Gasteiger partial charge < -0.3 is 19.8 Å². The lowest BCUT2D eigenvalue weighted by molar-refractivity contribution is -0.118. The molecule has 9 nitrogen and oxygen atoms in total. The zero-order valence-corrected chi connectivity index (χ0v) is 19.7. The molecule has 0 aliphatic rings. The summed E-state index contributed by atoms with van der Waals surface area (Å²) >= 11 is 0. The van der Waals surface area contributed by atoms with Crippen molar-refractivity contribution in [3.63, 3.8) is 0 Å². The standard InChI is InChI=1S/C26H28N4O5/c1-17-9-10-20-19(16-35-21(20)13-17)14-22(31)29(11-6-12-34-2)23-24(27)30(26(33)28-25(23)32)15-18-7-4-3-5-8-18/h3-5,7-10,13,16H,6,11-12,14-15,27H2,1-2H3,(H,28,32,33). The molecule has 3 N–H and O–H groups in total. The zero-order chi connectivity index (χ0) is 24.9. The second kappa shape index (κ2) is 10.4. The minimum Gasteiger partial charge on any atom is -0.464 e. The van der Waals surface area contributed by atoms with E-state index in [9.17, 15) is 14.4 Å². The van der Waals surface area contributed by atoms with Crippen LogP contribution in [0.25, 0.3) is 11.0 Å². The van der Waals surface area contributed by atoms with E-state index in [1.54, 1.807) is 13.4 Å². The van der Waals surface area contributed by atoms with Gasteiger partial charge in [0.05, 0.1) is 19.2 Å². The predicted molar refractivity (Wildman–Crippen MR) is 135 cm³/mol. The molecule has 9 heteroatoms. The average Bonchev–Trinajstić information content (AvgIpc) is 3.22. The third-order valence-corrected chi connectivity index (χ3v) is 5.85. The second-order valence-electron chi connectivity index (χ2n) is 8.39. The second-order valence-corrected chi connectivity index (χ2v) is 8.39. The van der Waals surface area contributed by atoms with Crippen molar-refractivity contribution in [3.8, 4) is 0 Å². The number of fused-ring (bicyclic) bond motifs is 1. The lowest BCUT2D eigenvalue weighted by atomic mass is 10.1. The number of aromatic amines is 1. The van der Waals surface area contributed by atoms with Gasteiger partial charge in [0.25, 0.3) is 5.56 Å². The third-order valence-electron chi connectivity index (χ3n) is 5.85. The Morgan fingerprint density at radius 1 is 1.17 bits per heavy atom. The molecule has 0 aliphatic heterocycles. The fourth-order valence-corrected chi connectivity index (χ4v) is 4.08. The van der Waals surface area contributed by atoms with E-state index < -0.39 is 11.2 Å². The molecule has 2 heterocycles. The van der Waals surface area contributed by atoms with Crippen molar-refractivity contribution in [2.45, 2.75) is 26.3 Å². The maximum atomic E-state index is 13.5. The van der Waals surface area contributed by atoms with Crippen LogP contribution in [0.5, 0.6) is 0 Å². The van der Waals surface area contributed by atoms with Gasteiger partial charge >= 0.3 is 5.69 Å². The van der Waals surface area contributed by atoms with E-state index >= 15 is 0 Å². The number of carbonyl (C=O) groups excluding carboxylic acids is 1. The van der Waals surface area contributed by atoms with E-state index in [2.05, 4.69) is 4.98 Å². The number of ether oxygens (including phenoxy) is 1. The number of furan rings is 1. The quantitative estimate of drug-likeness (QED) is 0.358. The number of nitrogen functional groups attached to an aromatic ring is 1. The largest absolute Gasteiger partial charge is 0.464 e. The molecule has 35 heavy (non-hydrogen) atoms. The number of anilines is 2. The SMILES string of the molecule is COCCCN(C(=O)Cc1coc2cc(C)ccc12)c1c(N)n(Cc2ccccc2)c(=O)[nH]c1=O. The van der Waals surface area contributed by atoms with Crippen LogP contribution in [0.15, 0.2) is 68.8 Å². The zero-order valence-electron chi connectivity index (χ0n) is 19.7. The van der Waals surface area contributed by atoms with Gasteiger partial charge in [-0.05, 0) is 30.5 Å². The number of aryl methyl sites for hydroxylation is 1. The minimum absolute atomic E-state index is 0.000263. The number of amides is 1. The summed E-state index contributed by atoms with van der Waals surface area (Å²) in [5.74, 6) is -0.410. The van der Waals surface area contributed by atoms with Crippen molar-refractivity contribution in [1.29, 1.82) is 0 Å². The topological polar surface area (TPSA) is 124 Å². The smallest absolute Gasteiger partial charge is 0.330 e. The molecule has 2 aromatic heterocycles. The molecule has 0 atom stereocenters. The Morgan fingerprint density at radius 3 is 2.69 bits per heavy atom. The number of aromatic nitrogens is 2. The van der Waals surface area contributed by atoms with Gasteiger partial charge in [0, 0.05) is 31.2 Å². The number of methoxy groups -OCH3 is 1. The Labute approximate surface area is 201 Å². The van der Waals surface area contributed by atoms with E-state index in [1.165, 1.54) is 9.47 Å². The van der Waals surface area contributed by atoms with Gasteiger partial charge in [-0.15, -0.1) is 0 Å². The number of nitrogens with one attached hydrogen (secondary N) is 1. The Balaban J connectivity index is 1.72. The van der Waals surface area contributed by atoms with E-state index in [4.69, 9.17) is 14.9 Å². The molecule has 0 saturated heterocycles. The van der Waals surface area contributed by atoms with Crippen molar-refractivity contribution in [2.75, 3.05) is 30.9 Å². The molecule has 0 radical (unpaired) electrons. The van der Waals surface area contributed by atoms with Crippen molar-refractivity contribution < 1.29 is 13.9 Å². The van der Waals surface area contributed by atoms with E-state index in [-0.39, 0.29) is 36.9 Å². The molecule has 1 amide bonds. The molecular weight excluding hydrogens is 448 g/mol. The van der Waals surface area contributed by atoms with Crippen LogP contribution in [-0.2, 0) is 22.5 Å². The summed E-state index contributed by atoms with van der Waals surface area (Å²) in [6.45, 7) is 2.70. The number of nitrogens with zero attached hydrogens (tertiary/aromatic N) is 2. The van der Waals surface area contributed by atoms with Gasteiger partial charge in [0.15, 0.2) is 5.69 Å². The summed E-state index contributed by atoms with van der Waals surface area (Å²) in [5, 5.41) is 0.830. The maximum absolute atomic E-state index is 13.5. The van der Waals surface area contributed by atoms with Gasteiger partial charge in [0.2, 0.25) is 5.91 Å². The van der Waals surface area contributed by atoms with Crippen LogP contribution in [0.2, 0.25) is 0 Å². The molecule has 0 spiro atoms. The van der Waals surface area contributed by atoms with E-state index in [0.717, 1.165) is 16.5 Å². The van der Waals surface area contributed by atoms with Crippen LogP contribution in [-0.4, -0.2) is 35.7 Å². The molecule has 4 rings (SSSR count). The molecule has 0 fully saturated rings. The van der Waals surface area contributed by atoms with Crippen molar-refractivity contribution >= 4 is 28.4 Å². The molecule has 0 saturated carbocycles. The monoisotopic (exact) mass is 476 g/mol. The summed E-state index contributed by atoms with van der Waals surface area (Å²) in [6, 6.07) is 15.0. The van der Waals surface area contributed by atoms with E-state index in [1.807, 2.05) is 55.5 Å². The van der Waals surface area contributed by atoms with Gasteiger partial charge in [-0.2, -0.15) is 0 Å². The van der Waals surface area contributed by atoms with Crippen LogP contribution in [0.3, 0.4) is 0 Å². The number of H-pyrrole nitrogens is 1. The third kappa shape index (κ3) is 5.20. The maximum Gasteiger partial charge on any atom is 0.330 e. The molecule has 0 aliphatic carbocycles. The van der Waals surface area contributed by atoms with Crippen molar-refractivity contribution in [2.24, 2.45) is 0 Å². The summed E-state index contributed by atoms with van der Waals surface area (Å²) in [5.41, 5.74) is 8.22. The van der Waals surface area contributed by atoms with Crippen molar-refractivity contribution in [1.82, 2.24) is 9.55 Å². The van der Waals surface area contributed by atoms with Gasteiger partial charge in [-0.1, -0.05) is 42.5 Å². The van der Waals surface area contributed by atoms with Crippen molar-refractivity contribution in [3.05, 3.63) is 92.3 Å². The number of rotatable bonds is 9. The lowest BCUT2D eigenvalue weighted by Gasteiger charge is -2.24.